The molecule has 18 heavy (non-hydrogen) atoms. The minimum absolute atomic E-state index is 0.838. The molecule has 0 unspecified atom stereocenters. The summed E-state index contributed by atoms with van der Waals surface area (Å²) in [5.74, 6) is 0. The molecular weight excluding hydrogens is 240 g/mol. The van der Waals surface area contributed by atoms with E-state index in [1.807, 2.05) is 11.3 Å². The standard InChI is InChI=1S/C15H24N2S/c1-2-4-12-10-14(18-15(12)5-3-1)11-16-8-9-17-13-6-7-13/h10,13,16-17H,1-9,11H2. The molecule has 2 nitrogen and oxygen atoms in total. The monoisotopic (exact) mass is 264 g/mol. The van der Waals surface area contributed by atoms with Crippen molar-refractivity contribution in [3.8, 4) is 0 Å². The van der Waals surface area contributed by atoms with E-state index in [0.717, 1.165) is 25.7 Å². The maximum atomic E-state index is 3.56. The van der Waals surface area contributed by atoms with Gasteiger partial charge < -0.3 is 10.6 Å². The van der Waals surface area contributed by atoms with Gasteiger partial charge in [-0.1, -0.05) is 6.42 Å². The molecule has 1 saturated carbocycles. The molecule has 2 N–H and O–H groups in total. The van der Waals surface area contributed by atoms with Crippen molar-refractivity contribution in [2.24, 2.45) is 0 Å². The van der Waals surface area contributed by atoms with E-state index in [2.05, 4.69) is 16.7 Å². The Kier molecular flexibility index (Phi) is 4.34. The Morgan fingerprint density at radius 3 is 2.89 bits per heavy atom. The second kappa shape index (κ2) is 6.18. The average molecular weight is 264 g/mol. The van der Waals surface area contributed by atoms with Crippen LogP contribution >= 0.6 is 11.3 Å². The van der Waals surface area contributed by atoms with Crippen LogP contribution in [0, 0.1) is 0 Å². The largest absolute Gasteiger partial charge is 0.313 e. The number of aryl methyl sites for hydroxylation is 2. The lowest BCUT2D eigenvalue weighted by molar-refractivity contribution is 0.611. The van der Waals surface area contributed by atoms with Gasteiger partial charge in [0.1, 0.15) is 0 Å². The highest BCUT2D eigenvalue weighted by Crippen LogP contribution is 2.28. The van der Waals surface area contributed by atoms with Crippen LogP contribution in [-0.4, -0.2) is 19.1 Å². The molecule has 0 radical (unpaired) electrons. The first kappa shape index (κ1) is 12.6. The summed E-state index contributed by atoms with van der Waals surface area (Å²) in [5, 5.41) is 7.10. The van der Waals surface area contributed by atoms with Crippen LogP contribution in [0.25, 0.3) is 0 Å². The first-order valence-electron chi connectivity index (χ1n) is 7.46. The number of rotatable bonds is 6. The molecule has 3 heteroatoms. The van der Waals surface area contributed by atoms with E-state index < -0.39 is 0 Å². The molecule has 1 heterocycles. The fraction of sp³-hybridized carbons (Fsp3) is 0.733. The number of hydrogen-bond donors (Lipinski definition) is 2. The lowest BCUT2D eigenvalue weighted by Gasteiger charge is -2.04. The van der Waals surface area contributed by atoms with Gasteiger partial charge in [-0.25, -0.2) is 0 Å². The predicted octanol–water partition coefficient (Wildman–Crippen LogP) is 2.86. The molecule has 0 saturated heterocycles. The molecule has 1 aromatic rings. The Morgan fingerprint density at radius 2 is 2.00 bits per heavy atom. The Morgan fingerprint density at radius 1 is 1.11 bits per heavy atom. The summed E-state index contributed by atoms with van der Waals surface area (Å²) in [6.07, 6.45) is 9.61. The van der Waals surface area contributed by atoms with E-state index in [4.69, 9.17) is 0 Å². The molecule has 0 amide bonds. The summed E-state index contributed by atoms with van der Waals surface area (Å²) >= 11 is 2.04. The zero-order chi connectivity index (χ0) is 12.2. The molecule has 0 aromatic carbocycles. The fourth-order valence-electron chi connectivity index (χ4n) is 2.68. The molecule has 3 rings (SSSR count). The lowest BCUT2D eigenvalue weighted by Crippen LogP contribution is -2.28. The molecule has 2 aliphatic rings. The van der Waals surface area contributed by atoms with Gasteiger partial charge in [0.2, 0.25) is 0 Å². The van der Waals surface area contributed by atoms with E-state index >= 15 is 0 Å². The Hall–Kier alpha value is -0.380. The zero-order valence-corrected chi connectivity index (χ0v) is 12.0. The van der Waals surface area contributed by atoms with Gasteiger partial charge in [-0.05, 0) is 50.2 Å². The maximum absolute atomic E-state index is 3.56. The summed E-state index contributed by atoms with van der Waals surface area (Å²) in [4.78, 5) is 3.20. The number of fused-ring (bicyclic) bond motifs is 1. The minimum atomic E-state index is 0.838. The van der Waals surface area contributed by atoms with Crippen LogP contribution in [0.15, 0.2) is 6.07 Å². The summed E-state index contributed by atoms with van der Waals surface area (Å²) in [7, 11) is 0. The second-order valence-electron chi connectivity index (χ2n) is 5.63. The van der Waals surface area contributed by atoms with Gasteiger partial charge in [0.05, 0.1) is 0 Å². The molecule has 0 bridgehead atoms. The third-order valence-electron chi connectivity index (χ3n) is 3.91. The zero-order valence-electron chi connectivity index (χ0n) is 11.1. The molecule has 1 aromatic heterocycles. The third-order valence-corrected chi connectivity index (χ3v) is 5.15. The number of hydrogen-bond acceptors (Lipinski definition) is 3. The van der Waals surface area contributed by atoms with E-state index in [9.17, 15) is 0 Å². The fourth-order valence-corrected chi connectivity index (χ4v) is 3.91. The topological polar surface area (TPSA) is 24.1 Å². The molecule has 2 aliphatic carbocycles. The van der Waals surface area contributed by atoms with Gasteiger partial charge in [0.25, 0.3) is 0 Å². The van der Waals surface area contributed by atoms with Crippen LogP contribution in [-0.2, 0) is 19.4 Å². The normalized spacial score (nSPS) is 19.6. The van der Waals surface area contributed by atoms with Crippen molar-refractivity contribution in [2.45, 2.75) is 57.5 Å². The average Bonchev–Trinajstić information content (AvgIpc) is 3.15. The van der Waals surface area contributed by atoms with Crippen molar-refractivity contribution >= 4 is 11.3 Å². The Balaban J connectivity index is 1.41. The Labute approximate surface area is 114 Å². The van der Waals surface area contributed by atoms with E-state index in [0.29, 0.717) is 0 Å². The van der Waals surface area contributed by atoms with E-state index in [1.165, 1.54) is 49.8 Å². The van der Waals surface area contributed by atoms with Crippen molar-refractivity contribution in [1.29, 1.82) is 0 Å². The summed E-state index contributed by atoms with van der Waals surface area (Å²) in [5.41, 5.74) is 1.64. The van der Waals surface area contributed by atoms with Crippen LogP contribution in [0.3, 0.4) is 0 Å². The predicted molar refractivity (Wildman–Crippen MR) is 78.3 cm³/mol. The molecular formula is C15H24N2S. The molecule has 0 aliphatic heterocycles. The Bertz CT molecular complexity index is 358. The summed E-state index contributed by atoms with van der Waals surface area (Å²) in [6, 6.07) is 3.29. The highest BCUT2D eigenvalue weighted by Gasteiger charge is 2.19. The van der Waals surface area contributed by atoms with Gasteiger partial charge >= 0.3 is 0 Å². The molecule has 0 atom stereocenters. The lowest BCUT2D eigenvalue weighted by atomic mass is 10.1. The summed E-state index contributed by atoms with van der Waals surface area (Å²) in [6.45, 7) is 3.28. The maximum Gasteiger partial charge on any atom is 0.0300 e. The second-order valence-corrected chi connectivity index (χ2v) is 6.85. The van der Waals surface area contributed by atoms with Crippen molar-refractivity contribution in [2.75, 3.05) is 13.1 Å². The highest BCUT2D eigenvalue weighted by atomic mass is 32.1. The van der Waals surface area contributed by atoms with Gasteiger partial charge in [-0.15, -0.1) is 11.3 Å². The van der Waals surface area contributed by atoms with Crippen molar-refractivity contribution in [1.82, 2.24) is 10.6 Å². The number of thiophene rings is 1. The van der Waals surface area contributed by atoms with Crippen LogP contribution in [0.2, 0.25) is 0 Å². The minimum Gasteiger partial charge on any atom is -0.313 e. The van der Waals surface area contributed by atoms with Crippen LogP contribution in [0.5, 0.6) is 0 Å². The summed E-state index contributed by atoms with van der Waals surface area (Å²) < 4.78 is 0. The first-order chi connectivity index (χ1) is 8.92. The van der Waals surface area contributed by atoms with E-state index in [-0.39, 0.29) is 0 Å². The van der Waals surface area contributed by atoms with Gasteiger partial charge in [-0.3, -0.25) is 0 Å². The molecule has 100 valence electrons. The van der Waals surface area contributed by atoms with Crippen LogP contribution in [0.4, 0.5) is 0 Å². The SMILES string of the molecule is c1c(CNCCNC2CC2)sc2c1CCCCC2. The first-order valence-corrected chi connectivity index (χ1v) is 8.28. The van der Waals surface area contributed by atoms with Gasteiger partial charge in [-0.2, -0.15) is 0 Å². The highest BCUT2D eigenvalue weighted by molar-refractivity contribution is 7.12. The van der Waals surface area contributed by atoms with Gasteiger partial charge in [0.15, 0.2) is 0 Å². The van der Waals surface area contributed by atoms with Crippen LogP contribution in [0.1, 0.15) is 47.4 Å². The van der Waals surface area contributed by atoms with Crippen LogP contribution < -0.4 is 10.6 Å². The van der Waals surface area contributed by atoms with Crippen molar-refractivity contribution in [3.63, 3.8) is 0 Å². The van der Waals surface area contributed by atoms with Gasteiger partial charge in [0, 0.05) is 35.4 Å². The van der Waals surface area contributed by atoms with E-state index in [1.54, 1.807) is 10.4 Å². The van der Waals surface area contributed by atoms with Crippen molar-refractivity contribution < 1.29 is 0 Å². The third kappa shape index (κ3) is 3.56. The smallest absolute Gasteiger partial charge is 0.0300 e. The molecule has 0 spiro atoms. The molecule has 1 fully saturated rings. The van der Waals surface area contributed by atoms with Crippen molar-refractivity contribution in [3.05, 3.63) is 21.4 Å². The quantitative estimate of drug-likeness (QED) is 0.610. The number of nitrogens with one attached hydrogen (secondary N) is 2.